The lowest BCUT2D eigenvalue weighted by atomic mass is 10.2. The van der Waals surface area contributed by atoms with Gasteiger partial charge in [0.15, 0.2) is 12.2 Å². The first-order valence-electron chi connectivity index (χ1n) is 3.90. The van der Waals surface area contributed by atoms with E-state index in [2.05, 4.69) is 15.3 Å². The van der Waals surface area contributed by atoms with Crippen LogP contribution in [0.1, 0.15) is 0 Å². The summed E-state index contributed by atoms with van der Waals surface area (Å²) in [5.41, 5.74) is 5.08. The molecule has 0 aromatic rings. The Balaban J connectivity index is 2.30. The van der Waals surface area contributed by atoms with Crippen molar-refractivity contribution in [1.29, 1.82) is 0 Å². The van der Waals surface area contributed by atoms with Crippen molar-refractivity contribution in [3.63, 3.8) is 0 Å². The topological polar surface area (TPSA) is 104 Å². The highest BCUT2D eigenvalue weighted by Gasteiger charge is 2.41. The Labute approximate surface area is 79.0 Å². The number of urea groups is 1. The van der Waals surface area contributed by atoms with Crippen LogP contribution in [0.15, 0.2) is 15.3 Å². The fourth-order valence-corrected chi connectivity index (χ4v) is 1.28. The third kappa shape index (κ3) is 1.04. The monoisotopic (exact) mass is 196 g/mol. The molecule has 0 aromatic heterocycles. The highest BCUT2D eigenvalue weighted by atomic mass is 16.2. The van der Waals surface area contributed by atoms with Crippen molar-refractivity contribution in [3.05, 3.63) is 0 Å². The Morgan fingerprint density at radius 1 is 1.64 bits per heavy atom. The third-order valence-corrected chi connectivity index (χ3v) is 2.01. The van der Waals surface area contributed by atoms with E-state index < -0.39 is 18.1 Å². The standard InChI is InChI=1S/C6H8N6O2/c1-11-6(14)12-2-8-3(4(7)13)5(12)9-10-11/h2-3,5H,1H3,(H2,7,13). The average molecular weight is 196 g/mol. The molecular formula is C6H8N6O2. The van der Waals surface area contributed by atoms with Gasteiger partial charge in [-0.15, -0.1) is 5.11 Å². The maximum absolute atomic E-state index is 11.4. The second-order valence-electron chi connectivity index (χ2n) is 2.94. The molecule has 0 aromatic carbocycles. The number of primary amides is 1. The summed E-state index contributed by atoms with van der Waals surface area (Å²) in [6.45, 7) is 0. The minimum atomic E-state index is -0.823. The van der Waals surface area contributed by atoms with Crippen LogP contribution in [0.2, 0.25) is 0 Å². The van der Waals surface area contributed by atoms with Crippen molar-refractivity contribution >= 4 is 18.3 Å². The number of fused-ring (bicyclic) bond motifs is 1. The highest BCUT2D eigenvalue weighted by molar-refractivity contribution is 5.93. The zero-order chi connectivity index (χ0) is 10.3. The Kier molecular flexibility index (Phi) is 1.69. The average Bonchev–Trinajstić information content (AvgIpc) is 2.55. The number of nitrogens with zero attached hydrogens (tertiary/aromatic N) is 5. The Hall–Kier alpha value is -1.99. The summed E-state index contributed by atoms with van der Waals surface area (Å²) >= 11 is 0. The largest absolute Gasteiger partial charge is 0.368 e. The number of carbonyl (C=O) groups is 2. The van der Waals surface area contributed by atoms with Gasteiger partial charge in [0.05, 0.1) is 6.34 Å². The normalized spacial score (nSPS) is 29.6. The van der Waals surface area contributed by atoms with E-state index in [1.807, 2.05) is 0 Å². The zero-order valence-corrected chi connectivity index (χ0v) is 7.36. The molecular weight excluding hydrogens is 188 g/mol. The summed E-state index contributed by atoms with van der Waals surface area (Å²) in [5.74, 6) is -0.620. The van der Waals surface area contributed by atoms with Crippen LogP contribution in [0.5, 0.6) is 0 Å². The maximum atomic E-state index is 11.4. The molecule has 2 heterocycles. The first kappa shape index (κ1) is 8.60. The van der Waals surface area contributed by atoms with Gasteiger partial charge >= 0.3 is 6.03 Å². The molecule has 14 heavy (non-hydrogen) atoms. The van der Waals surface area contributed by atoms with Crippen LogP contribution in [0.25, 0.3) is 0 Å². The Morgan fingerprint density at radius 2 is 2.36 bits per heavy atom. The molecule has 0 radical (unpaired) electrons. The molecule has 3 amide bonds. The van der Waals surface area contributed by atoms with E-state index in [0.29, 0.717) is 0 Å². The Morgan fingerprint density at radius 3 is 3.00 bits per heavy atom. The van der Waals surface area contributed by atoms with Gasteiger partial charge < -0.3 is 5.73 Å². The molecule has 0 spiro atoms. The van der Waals surface area contributed by atoms with Crippen LogP contribution in [-0.4, -0.2) is 47.4 Å². The smallest absolute Gasteiger partial charge is 0.348 e. The number of carbonyl (C=O) groups excluding carboxylic acids is 2. The molecule has 2 atom stereocenters. The Bertz CT molecular complexity index is 350. The van der Waals surface area contributed by atoms with E-state index in [-0.39, 0.29) is 6.03 Å². The molecule has 8 heteroatoms. The molecule has 0 bridgehead atoms. The number of nitrogens with two attached hydrogens (primary N) is 1. The molecule has 8 nitrogen and oxygen atoms in total. The molecule has 0 fully saturated rings. The third-order valence-electron chi connectivity index (χ3n) is 2.01. The van der Waals surface area contributed by atoms with Crippen molar-refractivity contribution in [2.45, 2.75) is 12.2 Å². The second-order valence-corrected chi connectivity index (χ2v) is 2.94. The van der Waals surface area contributed by atoms with E-state index in [0.717, 1.165) is 5.01 Å². The molecule has 2 aliphatic heterocycles. The van der Waals surface area contributed by atoms with Crippen molar-refractivity contribution < 1.29 is 9.59 Å². The maximum Gasteiger partial charge on any atom is 0.348 e. The SMILES string of the molecule is CN1N=NC2C(C(N)=O)N=CN2C1=O. The van der Waals surface area contributed by atoms with Gasteiger partial charge in [0.25, 0.3) is 0 Å². The fourth-order valence-electron chi connectivity index (χ4n) is 1.28. The predicted octanol–water partition coefficient (Wildman–Crippen LogP) is -1.06. The predicted molar refractivity (Wildman–Crippen MR) is 45.1 cm³/mol. The van der Waals surface area contributed by atoms with Gasteiger partial charge in [0.1, 0.15) is 0 Å². The lowest BCUT2D eigenvalue weighted by Crippen LogP contribution is -2.49. The van der Waals surface area contributed by atoms with E-state index in [1.165, 1.54) is 18.3 Å². The van der Waals surface area contributed by atoms with Crippen LogP contribution in [0, 0.1) is 0 Å². The summed E-state index contributed by atoms with van der Waals surface area (Å²) in [5, 5.41) is 8.38. The van der Waals surface area contributed by atoms with Crippen molar-refractivity contribution in [2.24, 2.45) is 21.1 Å². The second kappa shape index (κ2) is 2.76. The minimum Gasteiger partial charge on any atom is -0.368 e. The van der Waals surface area contributed by atoms with Crippen molar-refractivity contribution in [1.82, 2.24) is 9.91 Å². The van der Waals surface area contributed by atoms with Gasteiger partial charge in [-0.05, 0) is 0 Å². The van der Waals surface area contributed by atoms with Crippen LogP contribution in [0.3, 0.4) is 0 Å². The van der Waals surface area contributed by atoms with Crippen molar-refractivity contribution in [2.75, 3.05) is 7.05 Å². The highest BCUT2D eigenvalue weighted by Crippen LogP contribution is 2.20. The molecule has 2 aliphatic rings. The lowest BCUT2D eigenvalue weighted by Gasteiger charge is -2.27. The molecule has 0 aliphatic carbocycles. The summed E-state index contributed by atoms with van der Waals surface area (Å²) in [6.07, 6.45) is 0.549. The van der Waals surface area contributed by atoms with E-state index in [4.69, 9.17) is 5.73 Å². The van der Waals surface area contributed by atoms with Crippen molar-refractivity contribution in [3.8, 4) is 0 Å². The summed E-state index contributed by atoms with van der Waals surface area (Å²) in [6, 6.07) is -1.20. The van der Waals surface area contributed by atoms with Crippen LogP contribution >= 0.6 is 0 Å². The first-order chi connectivity index (χ1) is 6.61. The molecule has 74 valence electrons. The summed E-state index contributed by atoms with van der Waals surface area (Å²) < 4.78 is 0. The number of hydrogen-bond acceptors (Lipinski definition) is 5. The van der Waals surface area contributed by atoms with E-state index in [9.17, 15) is 9.59 Å². The zero-order valence-electron chi connectivity index (χ0n) is 7.36. The van der Waals surface area contributed by atoms with Gasteiger partial charge in [0.2, 0.25) is 5.91 Å². The molecule has 2 rings (SSSR count). The molecule has 0 saturated heterocycles. The van der Waals surface area contributed by atoms with Gasteiger partial charge in [-0.1, -0.05) is 5.22 Å². The van der Waals surface area contributed by atoms with Crippen LogP contribution < -0.4 is 5.73 Å². The van der Waals surface area contributed by atoms with Crippen LogP contribution in [0.4, 0.5) is 4.79 Å². The molecule has 2 N–H and O–H groups in total. The number of hydrogen-bond donors (Lipinski definition) is 1. The fraction of sp³-hybridized carbons (Fsp3) is 0.500. The number of amides is 3. The number of aliphatic imine (C=N–C) groups is 1. The van der Waals surface area contributed by atoms with Gasteiger partial charge in [0, 0.05) is 7.05 Å². The summed E-state index contributed by atoms with van der Waals surface area (Å²) in [4.78, 5) is 27.3. The van der Waals surface area contributed by atoms with Gasteiger partial charge in [-0.25, -0.2) is 4.79 Å². The van der Waals surface area contributed by atoms with E-state index in [1.54, 1.807) is 0 Å². The van der Waals surface area contributed by atoms with Crippen LogP contribution in [-0.2, 0) is 4.79 Å². The first-order valence-corrected chi connectivity index (χ1v) is 3.90. The lowest BCUT2D eigenvalue weighted by molar-refractivity contribution is -0.119. The van der Waals surface area contributed by atoms with E-state index >= 15 is 0 Å². The molecule has 2 unspecified atom stereocenters. The molecule has 0 saturated carbocycles. The minimum absolute atomic E-state index is 0.377. The van der Waals surface area contributed by atoms with Gasteiger partial charge in [-0.2, -0.15) is 5.01 Å². The van der Waals surface area contributed by atoms with Gasteiger partial charge in [-0.3, -0.25) is 14.7 Å². The number of rotatable bonds is 1. The summed E-state index contributed by atoms with van der Waals surface area (Å²) in [7, 11) is 1.47. The quantitative estimate of drug-likeness (QED) is 0.577.